The molecule has 2 rings (SSSR count). The van der Waals surface area contributed by atoms with Gasteiger partial charge in [0, 0.05) is 17.5 Å². The van der Waals surface area contributed by atoms with Crippen molar-refractivity contribution in [3.8, 4) is 0 Å². The van der Waals surface area contributed by atoms with Crippen LogP contribution in [0.2, 0.25) is 0 Å². The number of hydrogen-bond acceptors (Lipinski definition) is 4. The van der Waals surface area contributed by atoms with Crippen molar-refractivity contribution in [3.63, 3.8) is 0 Å². The van der Waals surface area contributed by atoms with Gasteiger partial charge < -0.3 is 5.11 Å². The van der Waals surface area contributed by atoms with Gasteiger partial charge in [-0.25, -0.2) is 4.98 Å². The molecule has 2 atom stereocenters. The number of hydrogen-bond donors (Lipinski definition) is 1. The van der Waals surface area contributed by atoms with Crippen LogP contribution in [-0.4, -0.2) is 33.7 Å². The largest absolute Gasteiger partial charge is 0.392 e. The number of piperidine rings is 1. The molecule has 0 spiro atoms. The molecule has 1 saturated heterocycles. The average Bonchev–Trinajstić information content (AvgIpc) is 2.65. The zero-order valence-corrected chi connectivity index (χ0v) is 10.8. The summed E-state index contributed by atoms with van der Waals surface area (Å²) < 4.78 is 0. The summed E-state index contributed by atoms with van der Waals surface area (Å²) in [4.78, 5) is 8.03. The van der Waals surface area contributed by atoms with Crippen molar-refractivity contribution in [3.05, 3.63) is 16.1 Å². The number of nitrogens with zero attached hydrogens (tertiary/aromatic N) is 2. The molecular weight excluding hydrogens is 220 g/mol. The Labute approximate surface area is 101 Å². The molecule has 90 valence electrons. The molecule has 1 aromatic heterocycles. The third kappa shape index (κ3) is 2.62. The SMILES string of the molecule is Cc1ncsc1CN1CCCCC1C(C)O. The summed E-state index contributed by atoms with van der Waals surface area (Å²) in [5.74, 6) is 0. The smallest absolute Gasteiger partial charge is 0.0798 e. The van der Waals surface area contributed by atoms with Gasteiger partial charge in [0.2, 0.25) is 0 Å². The Balaban J connectivity index is 2.04. The highest BCUT2D eigenvalue weighted by atomic mass is 32.1. The van der Waals surface area contributed by atoms with E-state index >= 15 is 0 Å². The van der Waals surface area contributed by atoms with E-state index in [-0.39, 0.29) is 6.10 Å². The molecule has 2 unspecified atom stereocenters. The summed E-state index contributed by atoms with van der Waals surface area (Å²) in [5, 5.41) is 9.79. The molecular formula is C12H20N2OS. The number of rotatable bonds is 3. The first-order valence-electron chi connectivity index (χ1n) is 5.99. The number of aryl methyl sites for hydroxylation is 1. The molecule has 1 aliphatic heterocycles. The normalized spacial score (nSPS) is 24.6. The number of aromatic nitrogens is 1. The van der Waals surface area contributed by atoms with E-state index in [1.807, 2.05) is 12.4 Å². The van der Waals surface area contributed by atoms with Crippen molar-refractivity contribution in [2.45, 2.75) is 51.8 Å². The Morgan fingerprint density at radius 2 is 2.44 bits per heavy atom. The second-order valence-corrected chi connectivity index (χ2v) is 5.57. The van der Waals surface area contributed by atoms with Crippen LogP contribution in [0.25, 0.3) is 0 Å². The molecule has 0 aliphatic carbocycles. The van der Waals surface area contributed by atoms with Crippen molar-refractivity contribution in [1.82, 2.24) is 9.88 Å². The van der Waals surface area contributed by atoms with E-state index in [9.17, 15) is 5.11 Å². The highest BCUT2D eigenvalue weighted by Gasteiger charge is 2.26. The molecule has 1 N–H and O–H groups in total. The lowest BCUT2D eigenvalue weighted by Gasteiger charge is -2.37. The first-order valence-corrected chi connectivity index (χ1v) is 6.87. The molecule has 0 bridgehead atoms. The quantitative estimate of drug-likeness (QED) is 0.880. The topological polar surface area (TPSA) is 36.4 Å². The molecule has 0 radical (unpaired) electrons. The minimum absolute atomic E-state index is 0.228. The predicted molar refractivity (Wildman–Crippen MR) is 66.6 cm³/mol. The van der Waals surface area contributed by atoms with Gasteiger partial charge in [-0.1, -0.05) is 6.42 Å². The van der Waals surface area contributed by atoms with Crippen LogP contribution in [0.15, 0.2) is 5.51 Å². The fourth-order valence-corrected chi connectivity index (χ4v) is 3.22. The maximum Gasteiger partial charge on any atom is 0.0798 e. The summed E-state index contributed by atoms with van der Waals surface area (Å²) >= 11 is 1.72. The van der Waals surface area contributed by atoms with Crippen molar-refractivity contribution in [1.29, 1.82) is 0 Å². The number of aliphatic hydroxyl groups is 1. The van der Waals surface area contributed by atoms with Gasteiger partial charge in [0.05, 0.1) is 17.3 Å². The van der Waals surface area contributed by atoms with Crippen molar-refractivity contribution in [2.24, 2.45) is 0 Å². The number of aliphatic hydroxyl groups excluding tert-OH is 1. The van der Waals surface area contributed by atoms with Gasteiger partial charge in [0.1, 0.15) is 0 Å². The van der Waals surface area contributed by atoms with Crippen LogP contribution in [0.3, 0.4) is 0 Å². The molecule has 0 saturated carbocycles. The van der Waals surface area contributed by atoms with Crippen LogP contribution in [0.4, 0.5) is 0 Å². The lowest BCUT2D eigenvalue weighted by Crippen LogP contribution is -2.45. The fourth-order valence-electron chi connectivity index (χ4n) is 2.42. The van der Waals surface area contributed by atoms with Crippen LogP contribution in [0.1, 0.15) is 36.8 Å². The Bertz CT molecular complexity index is 338. The Hall–Kier alpha value is -0.450. The summed E-state index contributed by atoms with van der Waals surface area (Å²) in [6.07, 6.45) is 3.39. The third-order valence-corrected chi connectivity index (χ3v) is 4.33. The molecule has 1 fully saturated rings. The molecule has 1 aliphatic rings. The average molecular weight is 240 g/mol. The van der Waals surface area contributed by atoms with Crippen LogP contribution < -0.4 is 0 Å². The Morgan fingerprint density at radius 3 is 3.06 bits per heavy atom. The lowest BCUT2D eigenvalue weighted by atomic mass is 9.98. The van der Waals surface area contributed by atoms with E-state index in [0.717, 1.165) is 25.2 Å². The van der Waals surface area contributed by atoms with Crippen LogP contribution in [-0.2, 0) is 6.54 Å². The molecule has 1 aromatic rings. The van der Waals surface area contributed by atoms with Gasteiger partial charge in [0.15, 0.2) is 0 Å². The molecule has 4 heteroatoms. The highest BCUT2D eigenvalue weighted by molar-refractivity contribution is 7.09. The standard InChI is InChI=1S/C12H20N2OS/c1-9-12(16-8-13-9)7-14-6-4-3-5-11(14)10(2)15/h8,10-11,15H,3-7H2,1-2H3. The van der Waals surface area contributed by atoms with E-state index in [4.69, 9.17) is 0 Å². The maximum atomic E-state index is 9.79. The zero-order chi connectivity index (χ0) is 11.5. The second kappa shape index (κ2) is 5.25. The van der Waals surface area contributed by atoms with Gasteiger partial charge in [-0.05, 0) is 33.2 Å². The molecule has 0 aromatic carbocycles. The van der Waals surface area contributed by atoms with Crippen LogP contribution in [0.5, 0.6) is 0 Å². The van der Waals surface area contributed by atoms with E-state index in [2.05, 4.69) is 16.8 Å². The zero-order valence-electron chi connectivity index (χ0n) is 10.0. The lowest BCUT2D eigenvalue weighted by molar-refractivity contribution is 0.0321. The summed E-state index contributed by atoms with van der Waals surface area (Å²) in [6, 6.07) is 0.329. The molecule has 2 heterocycles. The number of thiazole rings is 1. The first kappa shape index (κ1) is 12.0. The van der Waals surface area contributed by atoms with Crippen LogP contribution in [0, 0.1) is 6.92 Å². The van der Waals surface area contributed by atoms with Gasteiger partial charge in [-0.2, -0.15) is 0 Å². The van der Waals surface area contributed by atoms with Gasteiger partial charge in [-0.15, -0.1) is 11.3 Å². The highest BCUT2D eigenvalue weighted by Crippen LogP contribution is 2.24. The summed E-state index contributed by atoms with van der Waals surface area (Å²) in [5.41, 5.74) is 3.05. The summed E-state index contributed by atoms with van der Waals surface area (Å²) in [7, 11) is 0. The minimum Gasteiger partial charge on any atom is -0.392 e. The third-order valence-electron chi connectivity index (χ3n) is 3.41. The van der Waals surface area contributed by atoms with Gasteiger partial charge in [0.25, 0.3) is 0 Å². The monoisotopic (exact) mass is 240 g/mol. The van der Waals surface area contributed by atoms with Crippen LogP contribution >= 0.6 is 11.3 Å². The first-order chi connectivity index (χ1) is 7.68. The number of likely N-dealkylation sites (tertiary alicyclic amines) is 1. The second-order valence-electron chi connectivity index (χ2n) is 4.64. The van der Waals surface area contributed by atoms with Crippen molar-refractivity contribution in [2.75, 3.05) is 6.54 Å². The van der Waals surface area contributed by atoms with E-state index in [1.54, 1.807) is 11.3 Å². The Kier molecular flexibility index (Phi) is 3.95. The summed E-state index contributed by atoms with van der Waals surface area (Å²) in [6.45, 7) is 6.02. The fraction of sp³-hybridized carbons (Fsp3) is 0.750. The van der Waals surface area contributed by atoms with E-state index < -0.39 is 0 Å². The maximum absolute atomic E-state index is 9.79. The predicted octanol–water partition coefficient (Wildman–Crippen LogP) is 2.19. The van der Waals surface area contributed by atoms with E-state index in [1.165, 1.54) is 17.7 Å². The molecule has 3 nitrogen and oxygen atoms in total. The van der Waals surface area contributed by atoms with E-state index in [0.29, 0.717) is 6.04 Å². The molecule has 16 heavy (non-hydrogen) atoms. The molecule has 0 amide bonds. The van der Waals surface area contributed by atoms with Crippen molar-refractivity contribution >= 4 is 11.3 Å². The van der Waals surface area contributed by atoms with Gasteiger partial charge >= 0.3 is 0 Å². The minimum atomic E-state index is -0.228. The Morgan fingerprint density at radius 1 is 1.62 bits per heavy atom. The van der Waals surface area contributed by atoms with Crippen molar-refractivity contribution < 1.29 is 5.11 Å². The van der Waals surface area contributed by atoms with Gasteiger partial charge in [-0.3, -0.25) is 4.90 Å².